The summed E-state index contributed by atoms with van der Waals surface area (Å²) in [7, 11) is -1.40. The van der Waals surface area contributed by atoms with Crippen molar-refractivity contribution >= 4 is 16.0 Å². The number of para-hydroxylation sites is 1. The van der Waals surface area contributed by atoms with Gasteiger partial charge in [-0.25, -0.2) is 27.8 Å². The van der Waals surface area contributed by atoms with E-state index in [0.29, 0.717) is 28.6 Å². The molecule has 4 rings (SSSR count). The molecule has 3 heterocycles. The lowest BCUT2D eigenvalue weighted by Gasteiger charge is -2.20. The molecule has 0 saturated heterocycles. The normalized spacial score (nSPS) is 13.1. The molecule has 0 aliphatic rings. The second-order valence-corrected chi connectivity index (χ2v) is 9.95. The average Bonchev–Trinajstić information content (AvgIpc) is 3.29. The maximum Gasteiger partial charge on any atom is 0.243 e. The fourth-order valence-corrected chi connectivity index (χ4v) is 4.56. The molecule has 1 aromatic carbocycles. The van der Waals surface area contributed by atoms with Crippen LogP contribution in [0.2, 0.25) is 0 Å². The van der Waals surface area contributed by atoms with Crippen LogP contribution in [0.4, 0.5) is 10.3 Å². The van der Waals surface area contributed by atoms with Gasteiger partial charge in [-0.2, -0.15) is 0 Å². The van der Waals surface area contributed by atoms with E-state index in [9.17, 15) is 17.9 Å². The standard InChI is InChI=1S/C23H24FN7O5S/c1-13-7-5-8-16(27-13)22-28-29-23(31(22)19-17(35-3)9-6-10-18(19)36-4)30-37(33,34)14(2)20(32)21-25-11-15(24)12-26-21/h5-12,14,20,32H,1-4H3,(H,29,30)/t14-,20-/m1/s1. The molecule has 0 aliphatic heterocycles. The minimum Gasteiger partial charge on any atom is -0.494 e. The molecule has 0 aliphatic carbocycles. The number of benzene rings is 1. The summed E-state index contributed by atoms with van der Waals surface area (Å²) in [5.74, 6) is -0.278. The number of hydrogen-bond donors (Lipinski definition) is 2. The summed E-state index contributed by atoms with van der Waals surface area (Å²) in [6.07, 6.45) is 0.0156. The van der Waals surface area contributed by atoms with E-state index in [1.165, 1.54) is 25.7 Å². The fraction of sp³-hybridized carbons (Fsp3) is 0.261. The van der Waals surface area contributed by atoms with E-state index in [2.05, 4.69) is 29.9 Å². The summed E-state index contributed by atoms with van der Waals surface area (Å²) in [4.78, 5) is 11.9. The molecular weight excluding hydrogens is 505 g/mol. The van der Waals surface area contributed by atoms with Gasteiger partial charge in [-0.3, -0.25) is 9.29 Å². The first-order valence-corrected chi connectivity index (χ1v) is 12.5. The Kier molecular flexibility index (Phi) is 7.31. The number of halogens is 1. The molecule has 0 unspecified atom stereocenters. The van der Waals surface area contributed by atoms with Crippen LogP contribution in [-0.2, 0) is 10.0 Å². The number of aliphatic hydroxyl groups is 1. The largest absolute Gasteiger partial charge is 0.494 e. The Bertz CT molecular complexity index is 1490. The van der Waals surface area contributed by atoms with Crippen molar-refractivity contribution in [1.82, 2.24) is 29.7 Å². The van der Waals surface area contributed by atoms with Gasteiger partial charge in [0.1, 0.15) is 34.2 Å². The molecule has 0 amide bonds. The molecule has 0 fully saturated rings. The van der Waals surface area contributed by atoms with Crippen molar-refractivity contribution in [2.75, 3.05) is 18.9 Å². The van der Waals surface area contributed by atoms with Crippen LogP contribution < -0.4 is 14.2 Å². The van der Waals surface area contributed by atoms with Gasteiger partial charge in [-0.05, 0) is 38.1 Å². The Labute approximate surface area is 212 Å². The Balaban J connectivity index is 1.83. The molecular formula is C23H24FN7O5S. The minimum absolute atomic E-state index is 0.208. The van der Waals surface area contributed by atoms with Crippen molar-refractivity contribution in [3.63, 3.8) is 0 Å². The topological polar surface area (TPSA) is 154 Å². The van der Waals surface area contributed by atoms with Gasteiger partial charge in [0, 0.05) is 5.69 Å². The van der Waals surface area contributed by atoms with Crippen LogP contribution in [-0.4, -0.2) is 62.7 Å². The summed E-state index contributed by atoms with van der Waals surface area (Å²) in [5, 5.41) is 17.4. The maximum atomic E-state index is 13.3. The van der Waals surface area contributed by atoms with Crippen LogP contribution in [0, 0.1) is 12.7 Å². The molecule has 3 aromatic heterocycles. The summed E-state index contributed by atoms with van der Waals surface area (Å²) in [5.41, 5.74) is 1.44. The molecule has 2 N–H and O–H groups in total. The molecule has 0 saturated carbocycles. The average molecular weight is 530 g/mol. The predicted molar refractivity (Wildman–Crippen MR) is 131 cm³/mol. The second kappa shape index (κ2) is 10.4. The molecule has 4 aromatic rings. The van der Waals surface area contributed by atoms with Crippen molar-refractivity contribution in [3.05, 3.63) is 66.1 Å². The summed E-state index contributed by atoms with van der Waals surface area (Å²) in [6.45, 7) is 3.06. The number of nitrogens with zero attached hydrogens (tertiary/aromatic N) is 6. The van der Waals surface area contributed by atoms with E-state index < -0.39 is 27.2 Å². The predicted octanol–water partition coefficient (Wildman–Crippen LogP) is 2.45. The number of sulfonamides is 1. The molecule has 2 atom stereocenters. The summed E-state index contributed by atoms with van der Waals surface area (Å²) in [6, 6.07) is 10.3. The molecule has 37 heavy (non-hydrogen) atoms. The zero-order valence-corrected chi connectivity index (χ0v) is 21.1. The number of ether oxygens (including phenoxy) is 2. The van der Waals surface area contributed by atoms with Crippen molar-refractivity contribution < 1.29 is 27.4 Å². The van der Waals surface area contributed by atoms with E-state index in [1.807, 2.05) is 0 Å². The van der Waals surface area contributed by atoms with Crippen LogP contribution in [0.1, 0.15) is 24.5 Å². The van der Waals surface area contributed by atoms with Gasteiger partial charge < -0.3 is 14.6 Å². The highest BCUT2D eigenvalue weighted by Gasteiger charge is 2.34. The van der Waals surface area contributed by atoms with E-state index in [4.69, 9.17) is 9.47 Å². The van der Waals surface area contributed by atoms with E-state index in [-0.39, 0.29) is 17.6 Å². The Morgan fingerprint density at radius 1 is 1.03 bits per heavy atom. The molecule has 0 radical (unpaired) electrons. The zero-order chi connectivity index (χ0) is 26.7. The quantitative estimate of drug-likeness (QED) is 0.330. The number of pyridine rings is 1. The van der Waals surface area contributed by atoms with Crippen LogP contribution in [0.5, 0.6) is 11.5 Å². The number of methoxy groups -OCH3 is 2. The van der Waals surface area contributed by atoms with Gasteiger partial charge in [0.05, 0.1) is 26.6 Å². The van der Waals surface area contributed by atoms with Gasteiger partial charge in [0.2, 0.25) is 16.0 Å². The van der Waals surface area contributed by atoms with Crippen LogP contribution in [0.3, 0.4) is 0 Å². The first-order chi connectivity index (χ1) is 17.7. The number of aliphatic hydroxyl groups excluding tert-OH is 1. The van der Waals surface area contributed by atoms with Gasteiger partial charge >= 0.3 is 0 Å². The first-order valence-electron chi connectivity index (χ1n) is 10.9. The molecule has 0 spiro atoms. The summed E-state index contributed by atoms with van der Waals surface area (Å²) < 4.78 is 54.7. The minimum atomic E-state index is -4.32. The second-order valence-electron chi connectivity index (χ2n) is 7.91. The maximum absolute atomic E-state index is 13.3. The lowest BCUT2D eigenvalue weighted by Crippen LogP contribution is -2.32. The number of aryl methyl sites for hydroxylation is 1. The van der Waals surface area contributed by atoms with Crippen LogP contribution in [0.25, 0.3) is 17.2 Å². The van der Waals surface area contributed by atoms with E-state index >= 15 is 0 Å². The van der Waals surface area contributed by atoms with Crippen LogP contribution in [0.15, 0.2) is 48.8 Å². The third-order valence-corrected chi connectivity index (χ3v) is 7.18. The van der Waals surface area contributed by atoms with Crippen molar-refractivity contribution in [3.8, 4) is 28.7 Å². The smallest absolute Gasteiger partial charge is 0.243 e. The third kappa shape index (κ3) is 5.20. The molecule has 14 heteroatoms. The molecule has 194 valence electrons. The van der Waals surface area contributed by atoms with Gasteiger partial charge in [-0.15, -0.1) is 10.2 Å². The van der Waals surface area contributed by atoms with Gasteiger partial charge in [0.25, 0.3) is 0 Å². The fourth-order valence-electron chi connectivity index (χ4n) is 3.52. The lowest BCUT2D eigenvalue weighted by molar-refractivity contribution is 0.166. The summed E-state index contributed by atoms with van der Waals surface area (Å²) >= 11 is 0. The Morgan fingerprint density at radius 3 is 2.24 bits per heavy atom. The van der Waals surface area contributed by atoms with Crippen molar-refractivity contribution in [1.29, 1.82) is 0 Å². The van der Waals surface area contributed by atoms with E-state index in [1.54, 1.807) is 43.3 Å². The highest BCUT2D eigenvalue weighted by molar-refractivity contribution is 7.93. The zero-order valence-electron chi connectivity index (χ0n) is 20.3. The molecule has 0 bridgehead atoms. The number of rotatable bonds is 9. The Hall–Kier alpha value is -4.17. The van der Waals surface area contributed by atoms with Gasteiger partial charge in [0.15, 0.2) is 17.5 Å². The molecule has 12 nitrogen and oxygen atoms in total. The SMILES string of the molecule is COc1cccc(OC)c1-n1c(NS(=O)(=O)[C@H](C)[C@@H](O)c2ncc(F)cn2)nnc1-c1cccc(C)n1. The Morgan fingerprint density at radius 2 is 1.65 bits per heavy atom. The van der Waals surface area contributed by atoms with Gasteiger partial charge in [-0.1, -0.05) is 12.1 Å². The highest BCUT2D eigenvalue weighted by atomic mass is 32.2. The first kappa shape index (κ1) is 25.9. The lowest BCUT2D eigenvalue weighted by atomic mass is 10.2. The van der Waals surface area contributed by atoms with Crippen molar-refractivity contribution in [2.24, 2.45) is 0 Å². The monoisotopic (exact) mass is 529 g/mol. The van der Waals surface area contributed by atoms with Crippen LogP contribution >= 0.6 is 0 Å². The highest BCUT2D eigenvalue weighted by Crippen LogP contribution is 2.37. The number of aromatic nitrogens is 6. The number of anilines is 1. The van der Waals surface area contributed by atoms with E-state index in [0.717, 1.165) is 12.4 Å². The third-order valence-electron chi connectivity index (χ3n) is 5.48. The van der Waals surface area contributed by atoms with Crippen molar-refractivity contribution in [2.45, 2.75) is 25.2 Å². The number of hydrogen-bond acceptors (Lipinski definition) is 10. The number of nitrogens with one attached hydrogen (secondary N) is 1.